The average molecular weight is 274 g/mol. The maximum atomic E-state index is 11.0. The van der Waals surface area contributed by atoms with Gasteiger partial charge in [-0.05, 0) is 24.5 Å². The van der Waals surface area contributed by atoms with E-state index in [1.54, 1.807) is 12.1 Å². The molecule has 6 heteroatoms. The van der Waals surface area contributed by atoms with Crippen molar-refractivity contribution in [2.24, 2.45) is 5.92 Å². The lowest BCUT2D eigenvalue weighted by Gasteiger charge is -2.07. The Labute approximate surface area is 115 Å². The molecule has 1 aliphatic heterocycles. The average Bonchev–Trinajstić information content (AvgIpc) is 3.07. The zero-order chi connectivity index (χ0) is 14.1. The summed E-state index contributed by atoms with van der Waals surface area (Å²) in [5.74, 6) is 0.188. The lowest BCUT2D eigenvalue weighted by atomic mass is 10.0. The quantitative estimate of drug-likeness (QED) is 0.925. The summed E-state index contributed by atoms with van der Waals surface area (Å²) in [5.41, 5.74) is 0.810. The Kier molecular flexibility index (Phi) is 3.23. The smallest absolute Gasteiger partial charge is 0.335 e. The van der Waals surface area contributed by atoms with E-state index in [1.807, 2.05) is 0 Å². The summed E-state index contributed by atoms with van der Waals surface area (Å²) in [4.78, 5) is 15.3. The van der Waals surface area contributed by atoms with E-state index < -0.39 is 5.97 Å². The van der Waals surface area contributed by atoms with Crippen LogP contribution in [0, 0.1) is 5.92 Å². The molecule has 1 fully saturated rings. The summed E-state index contributed by atoms with van der Waals surface area (Å²) in [6.45, 7) is 2.77. The molecule has 2 atom stereocenters. The highest BCUT2D eigenvalue weighted by molar-refractivity contribution is 5.89. The monoisotopic (exact) mass is 274 g/mol. The molecule has 1 saturated heterocycles. The lowest BCUT2D eigenvalue weighted by molar-refractivity contribution is 0.0661. The largest absolute Gasteiger partial charge is 0.478 e. The van der Waals surface area contributed by atoms with Gasteiger partial charge in [-0.1, -0.05) is 24.2 Å². The molecule has 0 saturated carbocycles. The zero-order valence-corrected chi connectivity index (χ0v) is 10.9. The van der Waals surface area contributed by atoms with Gasteiger partial charge >= 0.3 is 5.97 Å². The fraction of sp³-hybridized carbons (Fsp3) is 0.357. The van der Waals surface area contributed by atoms with E-state index in [0.29, 0.717) is 29.8 Å². The third-order valence-electron chi connectivity index (χ3n) is 3.44. The van der Waals surface area contributed by atoms with Crippen LogP contribution in [0.15, 0.2) is 28.8 Å². The van der Waals surface area contributed by atoms with Gasteiger partial charge in [0, 0.05) is 12.2 Å². The molecule has 1 aliphatic rings. The third kappa shape index (κ3) is 2.30. The van der Waals surface area contributed by atoms with E-state index in [9.17, 15) is 4.79 Å². The molecule has 3 rings (SSSR count). The number of benzene rings is 1. The van der Waals surface area contributed by atoms with Gasteiger partial charge in [-0.15, -0.1) is 0 Å². The molecule has 20 heavy (non-hydrogen) atoms. The molecular formula is C14H14N2O4. The number of aromatic nitrogens is 2. The van der Waals surface area contributed by atoms with E-state index in [0.717, 1.165) is 6.42 Å². The van der Waals surface area contributed by atoms with Crippen molar-refractivity contribution in [3.8, 4) is 11.4 Å². The summed E-state index contributed by atoms with van der Waals surface area (Å²) in [5, 5.41) is 12.9. The molecule has 0 radical (unpaired) electrons. The molecule has 0 amide bonds. The minimum Gasteiger partial charge on any atom is -0.478 e. The Morgan fingerprint density at radius 3 is 3.00 bits per heavy atom. The predicted octanol–water partition coefficient (Wildman–Crippen LogP) is 2.53. The summed E-state index contributed by atoms with van der Waals surface area (Å²) in [6.07, 6.45) is 0.801. The van der Waals surface area contributed by atoms with Crippen molar-refractivity contribution < 1.29 is 19.2 Å². The van der Waals surface area contributed by atoms with Crippen molar-refractivity contribution in [1.29, 1.82) is 0 Å². The first-order valence-corrected chi connectivity index (χ1v) is 6.44. The number of ether oxygens (including phenoxy) is 1. The number of rotatable bonds is 3. The Morgan fingerprint density at radius 2 is 2.30 bits per heavy atom. The highest BCUT2D eigenvalue weighted by atomic mass is 16.5. The first kappa shape index (κ1) is 12.8. The van der Waals surface area contributed by atoms with Crippen LogP contribution in [-0.2, 0) is 4.74 Å². The molecule has 6 nitrogen and oxygen atoms in total. The fourth-order valence-corrected chi connectivity index (χ4v) is 2.27. The summed E-state index contributed by atoms with van der Waals surface area (Å²) in [7, 11) is 0. The maximum absolute atomic E-state index is 11.0. The van der Waals surface area contributed by atoms with Crippen molar-refractivity contribution in [3.63, 3.8) is 0 Å². The first-order chi connectivity index (χ1) is 9.65. The topological polar surface area (TPSA) is 85.5 Å². The molecule has 1 aromatic carbocycles. The molecule has 2 aromatic rings. The minimum atomic E-state index is -0.983. The summed E-state index contributed by atoms with van der Waals surface area (Å²) in [6, 6.07) is 6.45. The highest BCUT2D eigenvalue weighted by Gasteiger charge is 2.31. The van der Waals surface area contributed by atoms with E-state index in [2.05, 4.69) is 17.1 Å². The van der Waals surface area contributed by atoms with Crippen LogP contribution in [0.4, 0.5) is 0 Å². The number of nitrogens with zero attached hydrogens (tertiary/aromatic N) is 2. The van der Waals surface area contributed by atoms with Crippen LogP contribution in [0.25, 0.3) is 11.4 Å². The number of carbonyl (C=O) groups is 1. The molecule has 2 unspecified atom stereocenters. The van der Waals surface area contributed by atoms with Gasteiger partial charge in [0.05, 0.1) is 5.56 Å². The second-order valence-corrected chi connectivity index (χ2v) is 4.90. The van der Waals surface area contributed by atoms with Gasteiger partial charge in [0.2, 0.25) is 5.82 Å². The van der Waals surface area contributed by atoms with Crippen LogP contribution < -0.4 is 0 Å². The molecular weight excluding hydrogens is 260 g/mol. The number of hydrogen-bond donors (Lipinski definition) is 1. The van der Waals surface area contributed by atoms with E-state index >= 15 is 0 Å². The Hall–Kier alpha value is -2.21. The van der Waals surface area contributed by atoms with E-state index in [1.165, 1.54) is 12.1 Å². The number of carboxylic acids is 1. The summed E-state index contributed by atoms with van der Waals surface area (Å²) >= 11 is 0. The zero-order valence-electron chi connectivity index (χ0n) is 10.9. The number of hydrogen-bond acceptors (Lipinski definition) is 5. The Balaban J connectivity index is 1.90. The van der Waals surface area contributed by atoms with Gasteiger partial charge in [0.1, 0.15) is 6.10 Å². The van der Waals surface area contributed by atoms with Crippen LogP contribution in [0.1, 0.15) is 35.7 Å². The van der Waals surface area contributed by atoms with Gasteiger partial charge in [-0.2, -0.15) is 4.98 Å². The van der Waals surface area contributed by atoms with Crippen molar-refractivity contribution >= 4 is 5.97 Å². The minimum absolute atomic E-state index is 0.168. The second kappa shape index (κ2) is 5.05. The van der Waals surface area contributed by atoms with Gasteiger partial charge in [-0.3, -0.25) is 0 Å². The van der Waals surface area contributed by atoms with Crippen molar-refractivity contribution in [3.05, 3.63) is 35.7 Å². The van der Waals surface area contributed by atoms with Crippen LogP contribution in [0.5, 0.6) is 0 Å². The molecule has 1 aromatic heterocycles. The normalized spacial score (nSPS) is 22.1. The van der Waals surface area contributed by atoms with E-state index in [4.69, 9.17) is 14.4 Å². The van der Waals surface area contributed by atoms with Crippen molar-refractivity contribution in [2.75, 3.05) is 6.61 Å². The van der Waals surface area contributed by atoms with Crippen LogP contribution in [0.2, 0.25) is 0 Å². The lowest BCUT2D eigenvalue weighted by Crippen LogP contribution is -2.04. The number of carboxylic acid groups (broad SMARTS) is 1. The van der Waals surface area contributed by atoms with E-state index in [-0.39, 0.29) is 11.7 Å². The van der Waals surface area contributed by atoms with Gasteiger partial charge in [-0.25, -0.2) is 4.79 Å². The van der Waals surface area contributed by atoms with Gasteiger partial charge in [0.15, 0.2) is 0 Å². The molecule has 2 heterocycles. The Bertz CT molecular complexity index is 638. The second-order valence-electron chi connectivity index (χ2n) is 4.90. The fourth-order valence-electron chi connectivity index (χ4n) is 2.27. The first-order valence-electron chi connectivity index (χ1n) is 6.44. The molecule has 0 aliphatic carbocycles. The van der Waals surface area contributed by atoms with Gasteiger partial charge < -0.3 is 14.4 Å². The Morgan fingerprint density at radius 1 is 1.45 bits per heavy atom. The molecule has 0 spiro atoms. The highest BCUT2D eigenvalue weighted by Crippen LogP contribution is 2.33. The predicted molar refractivity (Wildman–Crippen MR) is 69.2 cm³/mol. The number of aromatic carboxylic acids is 1. The molecule has 0 bridgehead atoms. The molecule has 104 valence electrons. The van der Waals surface area contributed by atoms with Crippen LogP contribution >= 0.6 is 0 Å². The summed E-state index contributed by atoms with van der Waals surface area (Å²) < 4.78 is 10.8. The van der Waals surface area contributed by atoms with Crippen LogP contribution in [0.3, 0.4) is 0 Å². The third-order valence-corrected chi connectivity index (χ3v) is 3.44. The standard InChI is InChI=1S/C14H14N2O4/c1-8-5-6-19-11(8)13-15-12(16-20-13)9-3-2-4-10(7-9)14(17)18/h2-4,7-8,11H,5-6H2,1H3,(H,17,18). The maximum Gasteiger partial charge on any atom is 0.335 e. The van der Waals surface area contributed by atoms with Crippen molar-refractivity contribution in [2.45, 2.75) is 19.4 Å². The SMILES string of the molecule is CC1CCOC1c1nc(-c2cccc(C(=O)O)c2)no1. The van der Waals surface area contributed by atoms with Gasteiger partial charge in [0.25, 0.3) is 5.89 Å². The molecule has 1 N–H and O–H groups in total. The van der Waals surface area contributed by atoms with Crippen LogP contribution in [-0.4, -0.2) is 27.8 Å². The van der Waals surface area contributed by atoms with Crippen molar-refractivity contribution in [1.82, 2.24) is 10.1 Å².